The van der Waals surface area contributed by atoms with Gasteiger partial charge >= 0.3 is 0 Å². The van der Waals surface area contributed by atoms with E-state index in [9.17, 15) is 4.39 Å². The van der Waals surface area contributed by atoms with Gasteiger partial charge < -0.3 is 10.5 Å². The molecule has 4 heteroatoms. The minimum absolute atomic E-state index is 0.236. The molecule has 0 aliphatic heterocycles. The second-order valence-electron chi connectivity index (χ2n) is 4.27. The molecule has 2 N–H and O–H groups in total. The van der Waals surface area contributed by atoms with Crippen molar-refractivity contribution < 1.29 is 9.13 Å². The van der Waals surface area contributed by atoms with Gasteiger partial charge in [0.15, 0.2) is 0 Å². The Morgan fingerprint density at radius 1 is 1.21 bits per heavy atom. The Morgan fingerprint density at radius 3 is 2.63 bits per heavy atom. The van der Waals surface area contributed by atoms with Gasteiger partial charge in [0.25, 0.3) is 0 Å². The first kappa shape index (κ1) is 13.7. The molecular formula is C15H16FNOS. The topological polar surface area (TPSA) is 35.2 Å². The molecule has 0 amide bonds. The lowest BCUT2D eigenvalue weighted by Crippen LogP contribution is -1.91. The van der Waals surface area contributed by atoms with Crippen molar-refractivity contribution in [3.63, 3.8) is 0 Å². The average molecular weight is 277 g/mol. The molecule has 0 saturated heterocycles. The smallest absolute Gasteiger partial charge is 0.130 e. The maximum absolute atomic E-state index is 13.8. The lowest BCUT2D eigenvalue weighted by molar-refractivity contribution is 0.411. The summed E-state index contributed by atoms with van der Waals surface area (Å²) in [5, 5.41) is 0. The molecule has 0 unspecified atom stereocenters. The number of nitrogen functional groups attached to an aromatic ring is 1. The molecule has 100 valence electrons. The Morgan fingerprint density at radius 2 is 2.00 bits per heavy atom. The Labute approximate surface area is 116 Å². The molecule has 0 spiro atoms. The number of anilines is 1. The van der Waals surface area contributed by atoms with E-state index in [0.717, 1.165) is 16.1 Å². The lowest BCUT2D eigenvalue weighted by atomic mass is 10.2. The first-order valence-electron chi connectivity index (χ1n) is 5.91. The molecule has 0 radical (unpaired) electrons. The van der Waals surface area contributed by atoms with Crippen LogP contribution in [0.25, 0.3) is 0 Å². The van der Waals surface area contributed by atoms with Crippen molar-refractivity contribution in [3.8, 4) is 5.75 Å². The zero-order valence-electron chi connectivity index (χ0n) is 10.9. The number of halogens is 1. The van der Waals surface area contributed by atoms with Crippen LogP contribution in [0.5, 0.6) is 5.75 Å². The van der Waals surface area contributed by atoms with Gasteiger partial charge in [-0.2, -0.15) is 0 Å². The second kappa shape index (κ2) is 5.97. The fraction of sp³-hybridized carbons (Fsp3) is 0.200. The highest BCUT2D eigenvalue weighted by molar-refractivity contribution is 7.98. The maximum Gasteiger partial charge on any atom is 0.130 e. The Balaban J connectivity index is 2.10. The quantitative estimate of drug-likeness (QED) is 0.677. The van der Waals surface area contributed by atoms with Crippen LogP contribution in [-0.4, -0.2) is 7.11 Å². The summed E-state index contributed by atoms with van der Waals surface area (Å²) >= 11 is 1.60. The molecule has 19 heavy (non-hydrogen) atoms. The zero-order chi connectivity index (χ0) is 13.8. The average Bonchev–Trinajstić information content (AvgIpc) is 2.39. The molecule has 2 rings (SSSR count). The number of benzene rings is 2. The Kier molecular flexibility index (Phi) is 4.32. The Hall–Kier alpha value is -1.68. The van der Waals surface area contributed by atoms with Gasteiger partial charge in [-0.05, 0) is 42.3 Å². The molecule has 0 aromatic heterocycles. The summed E-state index contributed by atoms with van der Waals surface area (Å²) in [5.41, 5.74) is 8.23. The van der Waals surface area contributed by atoms with E-state index in [-0.39, 0.29) is 5.82 Å². The lowest BCUT2D eigenvalue weighted by Gasteiger charge is -2.08. The van der Waals surface area contributed by atoms with Gasteiger partial charge in [0, 0.05) is 22.4 Å². The van der Waals surface area contributed by atoms with Crippen molar-refractivity contribution in [2.45, 2.75) is 17.6 Å². The van der Waals surface area contributed by atoms with E-state index in [1.165, 1.54) is 13.2 Å². The number of hydrogen-bond acceptors (Lipinski definition) is 3. The third-order valence-corrected chi connectivity index (χ3v) is 4.07. The van der Waals surface area contributed by atoms with Crippen LogP contribution in [0.3, 0.4) is 0 Å². The monoisotopic (exact) mass is 277 g/mol. The van der Waals surface area contributed by atoms with E-state index in [4.69, 9.17) is 10.5 Å². The predicted molar refractivity (Wildman–Crippen MR) is 78.1 cm³/mol. The van der Waals surface area contributed by atoms with Crippen molar-refractivity contribution in [1.29, 1.82) is 0 Å². The highest BCUT2D eigenvalue weighted by Gasteiger charge is 2.06. The van der Waals surface area contributed by atoms with Gasteiger partial charge in [-0.15, -0.1) is 11.8 Å². The third kappa shape index (κ3) is 3.41. The molecule has 2 nitrogen and oxygen atoms in total. The number of methoxy groups -OCH3 is 1. The number of rotatable bonds is 4. The van der Waals surface area contributed by atoms with Gasteiger partial charge in [-0.3, -0.25) is 0 Å². The molecular weight excluding hydrogens is 261 g/mol. The van der Waals surface area contributed by atoms with Crippen LogP contribution in [0.4, 0.5) is 10.1 Å². The van der Waals surface area contributed by atoms with Crippen LogP contribution in [0.2, 0.25) is 0 Å². The summed E-state index contributed by atoms with van der Waals surface area (Å²) in [6, 6.07) is 10.7. The summed E-state index contributed by atoms with van der Waals surface area (Å²) in [6.07, 6.45) is 0. The predicted octanol–water partition coefficient (Wildman–Crippen LogP) is 4.02. The minimum Gasteiger partial charge on any atom is -0.497 e. The molecule has 0 saturated carbocycles. The van der Waals surface area contributed by atoms with Crippen molar-refractivity contribution in [2.24, 2.45) is 0 Å². The maximum atomic E-state index is 13.8. The molecule has 0 fully saturated rings. The van der Waals surface area contributed by atoms with Crippen molar-refractivity contribution in [2.75, 3.05) is 12.8 Å². The highest BCUT2D eigenvalue weighted by Crippen LogP contribution is 2.29. The van der Waals surface area contributed by atoms with E-state index in [1.807, 2.05) is 25.1 Å². The first-order valence-corrected chi connectivity index (χ1v) is 6.90. The summed E-state index contributed by atoms with van der Waals surface area (Å²) in [7, 11) is 1.53. The van der Waals surface area contributed by atoms with Gasteiger partial charge in [0.2, 0.25) is 0 Å². The van der Waals surface area contributed by atoms with E-state index in [0.29, 0.717) is 17.1 Å². The molecule has 0 atom stereocenters. The second-order valence-corrected chi connectivity index (χ2v) is 5.29. The fourth-order valence-electron chi connectivity index (χ4n) is 1.76. The minimum atomic E-state index is -0.236. The fourth-order valence-corrected chi connectivity index (χ4v) is 2.76. The summed E-state index contributed by atoms with van der Waals surface area (Å²) in [4.78, 5) is 1.12. The molecule has 2 aromatic carbocycles. The van der Waals surface area contributed by atoms with Gasteiger partial charge in [-0.25, -0.2) is 4.39 Å². The van der Waals surface area contributed by atoms with E-state index in [2.05, 4.69) is 0 Å². The SMILES string of the molecule is COc1ccc(CSc2ccc(N)cc2C)c(F)c1. The molecule has 0 heterocycles. The van der Waals surface area contributed by atoms with Crippen molar-refractivity contribution in [1.82, 2.24) is 0 Å². The third-order valence-electron chi connectivity index (χ3n) is 2.84. The zero-order valence-corrected chi connectivity index (χ0v) is 11.8. The van der Waals surface area contributed by atoms with Crippen LogP contribution in [0, 0.1) is 12.7 Å². The van der Waals surface area contributed by atoms with Crippen LogP contribution < -0.4 is 10.5 Å². The van der Waals surface area contributed by atoms with Crippen LogP contribution in [0.1, 0.15) is 11.1 Å². The largest absolute Gasteiger partial charge is 0.497 e. The molecule has 0 aliphatic carbocycles. The number of hydrogen-bond donors (Lipinski definition) is 1. The standard InChI is InChI=1S/C15H16FNOS/c1-10-7-12(17)4-6-15(10)19-9-11-3-5-13(18-2)8-14(11)16/h3-8H,9,17H2,1-2H3. The van der Waals surface area contributed by atoms with Crippen molar-refractivity contribution in [3.05, 3.63) is 53.3 Å². The molecule has 0 aliphatic rings. The summed E-state index contributed by atoms with van der Waals surface area (Å²) in [5.74, 6) is 0.885. The highest BCUT2D eigenvalue weighted by atomic mass is 32.2. The number of ether oxygens (including phenoxy) is 1. The normalized spacial score (nSPS) is 10.5. The summed E-state index contributed by atoms with van der Waals surface area (Å²) < 4.78 is 18.8. The van der Waals surface area contributed by atoms with E-state index < -0.39 is 0 Å². The Bertz CT molecular complexity index is 586. The van der Waals surface area contributed by atoms with Crippen LogP contribution in [0.15, 0.2) is 41.3 Å². The van der Waals surface area contributed by atoms with Crippen LogP contribution >= 0.6 is 11.8 Å². The van der Waals surface area contributed by atoms with Gasteiger partial charge in [-0.1, -0.05) is 6.07 Å². The number of aryl methyl sites for hydroxylation is 1. The van der Waals surface area contributed by atoms with Gasteiger partial charge in [0.1, 0.15) is 11.6 Å². The van der Waals surface area contributed by atoms with E-state index >= 15 is 0 Å². The molecule has 2 aromatic rings. The molecule has 0 bridgehead atoms. The van der Waals surface area contributed by atoms with Crippen molar-refractivity contribution >= 4 is 17.4 Å². The summed E-state index contributed by atoms with van der Waals surface area (Å²) in [6.45, 7) is 2.00. The van der Waals surface area contributed by atoms with E-state index in [1.54, 1.807) is 23.9 Å². The number of nitrogens with two attached hydrogens (primary N) is 1. The number of thioether (sulfide) groups is 1. The first-order chi connectivity index (χ1) is 9.10. The van der Waals surface area contributed by atoms with Crippen LogP contribution in [-0.2, 0) is 5.75 Å². The van der Waals surface area contributed by atoms with Gasteiger partial charge in [0.05, 0.1) is 7.11 Å².